The van der Waals surface area contributed by atoms with Gasteiger partial charge in [-0.2, -0.15) is 0 Å². The molecule has 6 heteroatoms. The number of aromatic nitrogens is 1. The Kier molecular flexibility index (Phi) is 7.90. The van der Waals surface area contributed by atoms with E-state index in [4.69, 9.17) is 0 Å². The normalized spacial score (nSPS) is 11.5. The Morgan fingerprint density at radius 1 is 0.970 bits per heavy atom. The zero-order valence-electron chi connectivity index (χ0n) is 20.0. The predicted octanol–water partition coefficient (Wildman–Crippen LogP) is 5.16. The van der Waals surface area contributed by atoms with Crippen LogP contribution in [0.25, 0.3) is 10.9 Å². The van der Waals surface area contributed by atoms with Crippen LogP contribution < -0.4 is 0 Å². The fourth-order valence-corrected chi connectivity index (χ4v) is 3.96. The Balaban J connectivity index is 1.79. The van der Waals surface area contributed by atoms with E-state index in [2.05, 4.69) is 11.1 Å². The van der Waals surface area contributed by atoms with Crippen LogP contribution >= 0.6 is 0 Å². The maximum Gasteiger partial charge on any atom is 0.242 e. The van der Waals surface area contributed by atoms with Crippen LogP contribution in [0.1, 0.15) is 45.2 Å². The number of hydrogen-bond acceptors (Lipinski definition) is 2. The standard InChI is InChI=1S/C27H34FN3O2/c1-5-15-31(26(33)27(2,3)4)19-25(32)30(18-20-10-12-22(28)13-11-20)16-14-21-17-29-24-9-7-6-8-23(21)24/h6-13,17,29H,5,14-16,18-19H2,1-4H3. The largest absolute Gasteiger partial charge is 0.361 e. The summed E-state index contributed by atoms with van der Waals surface area (Å²) in [5.41, 5.74) is 2.50. The lowest BCUT2D eigenvalue weighted by Crippen LogP contribution is -2.47. The highest BCUT2D eigenvalue weighted by Crippen LogP contribution is 2.20. The van der Waals surface area contributed by atoms with Crippen LogP contribution in [-0.2, 0) is 22.6 Å². The molecular weight excluding hydrogens is 417 g/mol. The highest BCUT2D eigenvalue weighted by molar-refractivity contribution is 5.87. The lowest BCUT2D eigenvalue weighted by molar-refractivity contribution is -0.145. The van der Waals surface area contributed by atoms with Crippen LogP contribution in [0.4, 0.5) is 4.39 Å². The van der Waals surface area contributed by atoms with Crippen molar-refractivity contribution >= 4 is 22.7 Å². The molecule has 0 bridgehead atoms. The molecule has 2 aromatic carbocycles. The molecule has 0 aliphatic carbocycles. The Hall–Kier alpha value is -3.15. The molecule has 1 N–H and O–H groups in total. The van der Waals surface area contributed by atoms with Gasteiger partial charge in [0, 0.05) is 42.1 Å². The number of halogens is 1. The molecule has 0 atom stereocenters. The molecule has 3 aromatic rings. The van der Waals surface area contributed by atoms with E-state index >= 15 is 0 Å². The van der Waals surface area contributed by atoms with Gasteiger partial charge in [0.1, 0.15) is 5.82 Å². The van der Waals surface area contributed by atoms with Gasteiger partial charge in [0.05, 0.1) is 6.54 Å². The molecule has 0 saturated carbocycles. The summed E-state index contributed by atoms with van der Waals surface area (Å²) in [6, 6.07) is 14.3. The third-order valence-electron chi connectivity index (χ3n) is 5.71. The first kappa shape index (κ1) is 24.5. The van der Waals surface area contributed by atoms with Crippen LogP contribution in [0.5, 0.6) is 0 Å². The number of nitrogens with zero attached hydrogens (tertiary/aromatic N) is 2. The van der Waals surface area contributed by atoms with Crippen molar-refractivity contribution in [2.45, 2.75) is 47.1 Å². The summed E-state index contributed by atoms with van der Waals surface area (Å²) in [5, 5.41) is 1.14. The second-order valence-electron chi connectivity index (χ2n) is 9.53. The van der Waals surface area contributed by atoms with Crippen molar-refractivity contribution in [2.24, 2.45) is 5.41 Å². The smallest absolute Gasteiger partial charge is 0.242 e. The molecule has 0 aliphatic rings. The van der Waals surface area contributed by atoms with Crippen LogP contribution in [-0.4, -0.2) is 46.2 Å². The molecular formula is C27H34FN3O2. The Bertz CT molecular complexity index is 1080. The number of carbonyl (C=O) groups excluding carboxylic acids is 2. The van der Waals surface area contributed by atoms with Crippen LogP contribution in [0, 0.1) is 11.2 Å². The van der Waals surface area contributed by atoms with E-state index in [0.717, 1.165) is 28.5 Å². The number of hydrogen-bond donors (Lipinski definition) is 1. The number of benzene rings is 2. The van der Waals surface area contributed by atoms with Gasteiger partial charge < -0.3 is 14.8 Å². The van der Waals surface area contributed by atoms with E-state index < -0.39 is 5.41 Å². The minimum atomic E-state index is -0.554. The number of fused-ring (bicyclic) bond motifs is 1. The zero-order valence-corrected chi connectivity index (χ0v) is 20.0. The quantitative estimate of drug-likeness (QED) is 0.488. The summed E-state index contributed by atoms with van der Waals surface area (Å²) in [7, 11) is 0. The SMILES string of the molecule is CCCN(CC(=O)N(CCc1c[nH]c2ccccc12)Cc1ccc(F)cc1)C(=O)C(C)(C)C. The van der Waals surface area contributed by atoms with Crippen molar-refractivity contribution in [2.75, 3.05) is 19.6 Å². The van der Waals surface area contributed by atoms with E-state index in [0.29, 0.717) is 26.1 Å². The Labute approximate surface area is 195 Å². The molecule has 176 valence electrons. The highest BCUT2D eigenvalue weighted by Gasteiger charge is 2.29. The minimum absolute atomic E-state index is 0.0314. The van der Waals surface area contributed by atoms with Gasteiger partial charge in [-0.3, -0.25) is 9.59 Å². The summed E-state index contributed by atoms with van der Waals surface area (Å²) in [6.07, 6.45) is 3.44. The lowest BCUT2D eigenvalue weighted by Gasteiger charge is -2.31. The topological polar surface area (TPSA) is 56.4 Å². The number of aromatic amines is 1. The first-order chi connectivity index (χ1) is 15.7. The molecule has 0 saturated heterocycles. The van der Waals surface area contributed by atoms with E-state index in [9.17, 15) is 14.0 Å². The summed E-state index contributed by atoms with van der Waals surface area (Å²) in [6.45, 7) is 9.06. The van der Waals surface area contributed by atoms with Crippen molar-refractivity contribution in [1.82, 2.24) is 14.8 Å². The second kappa shape index (κ2) is 10.6. The van der Waals surface area contributed by atoms with Gasteiger partial charge in [0.2, 0.25) is 11.8 Å². The first-order valence-electron chi connectivity index (χ1n) is 11.6. The van der Waals surface area contributed by atoms with Crippen molar-refractivity contribution < 1.29 is 14.0 Å². The zero-order chi connectivity index (χ0) is 24.0. The summed E-state index contributed by atoms with van der Waals surface area (Å²) in [5.74, 6) is -0.443. The first-order valence-corrected chi connectivity index (χ1v) is 11.6. The number of rotatable bonds is 9. The third kappa shape index (κ3) is 6.44. The fourth-order valence-electron chi connectivity index (χ4n) is 3.96. The molecule has 1 heterocycles. The van der Waals surface area contributed by atoms with Crippen molar-refractivity contribution in [3.8, 4) is 0 Å². The number of amides is 2. The average molecular weight is 452 g/mol. The minimum Gasteiger partial charge on any atom is -0.361 e. The van der Waals surface area contributed by atoms with E-state index in [1.54, 1.807) is 21.9 Å². The molecule has 1 aromatic heterocycles. The van der Waals surface area contributed by atoms with Gasteiger partial charge in [-0.05, 0) is 42.2 Å². The van der Waals surface area contributed by atoms with Crippen LogP contribution in [0.15, 0.2) is 54.7 Å². The van der Waals surface area contributed by atoms with Gasteiger partial charge >= 0.3 is 0 Å². The number of H-pyrrole nitrogens is 1. The molecule has 0 aliphatic heterocycles. The van der Waals surface area contributed by atoms with Crippen molar-refractivity contribution in [1.29, 1.82) is 0 Å². The molecule has 0 unspecified atom stereocenters. The van der Waals surface area contributed by atoms with Gasteiger partial charge in [-0.25, -0.2) is 4.39 Å². The van der Waals surface area contributed by atoms with Gasteiger partial charge in [0.15, 0.2) is 0 Å². The molecule has 2 amide bonds. The van der Waals surface area contributed by atoms with Crippen LogP contribution in [0.3, 0.4) is 0 Å². The van der Waals surface area contributed by atoms with Gasteiger partial charge in [-0.1, -0.05) is 58.0 Å². The van der Waals surface area contributed by atoms with Crippen molar-refractivity contribution in [3.63, 3.8) is 0 Å². The number of para-hydroxylation sites is 1. The summed E-state index contributed by atoms with van der Waals surface area (Å²) >= 11 is 0. The maximum atomic E-state index is 13.4. The maximum absolute atomic E-state index is 13.4. The molecule has 33 heavy (non-hydrogen) atoms. The van der Waals surface area contributed by atoms with Gasteiger partial charge in [0.25, 0.3) is 0 Å². The number of nitrogens with one attached hydrogen (secondary N) is 1. The van der Waals surface area contributed by atoms with E-state index in [1.165, 1.54) is 12.1 Å². The predicted molar refractivity (Wildman–Crippen MR) is 130 cm³/mol. The van der Waals surface area contributed by atoms with E-state index in [1.807, 2.05) is 52.1 Å². The van der Waals surface area contributed by atoms with Gasteiger partial charge in [-0.15, -0.1) is 0 Å². The molecule has 3 rings (SSSR count). The van der Waals surface area contributed by atoms with E-state index in [-0.39, 0.29) is 24.2 Å². The molecule has 0 spiro atoms. The number of carbonyl (C=O) groups is 2. The van der Waals surface area contributed by atoms with Crippen molar-refractivity contribution in [3.05, 3.63) is 71.7 Å². The Morgan fingerprint density at radius 2 is 1.67 bits per heavy atom. The average Bonchev–Trinajstić information content (AvgIpc) is 3.19. The second-order valence-corrected chi connectivity index (χ2v) is 9.53. The van der Waals surface area contributed by atoms with Crippen LogP contribution in [0.2, 0.25) is 0 Å². The molecule has 5 nitrogen and oxygen atoms in total. The Morgan fingerprint density at radius 3 is 2.33 bits per heavy atom. The fraction of sp³-hybridized carbons (Fsp3) is 0.407. The highest BCUT2D eigenvalue weighted by atomic mass is 19.1. The summed E-state index contributed by atoms with van der Waals surface area (Å²) < 4.78 is 13.4. The summed E-state index contributed by atoms with van der Waals surface area (Å²) in [4.78, 5) is 33.0. The molecule has 0 radical (unpaired) electrons. The monoisotopic (exact) mass is 451 g/mol. The molecule has 0 fully saturated rings. The third-order valence-corrected chi connectivity index (χ3v) is 5.71. The lowest BCUT2D eigenvalue weighted by atomic mass is 9.94.